The van der Waals surface area contributed by atoms with Gasteiger partial charge in [-0.2, -0.15) is 0 Å². The minimum atomic E-state index is -0.156. The summed E-state index contributed by atoms with van der Waals surface area (Å²) in [5.41, 5.74) is 4.16. The number of nitrogens with zero attached hydrogens (tertiary/aromatic N) is 2. The lowest BCUT2D eigenvalue weighted by Gasteiger charge is -2.37. The minimum Gasteiger partial charge on any atom is -0.489 e. The van der Waals surface area contributed by atoms with E-state index in [9.17, 15) is 4.79 Å². The van der Waals surface area contributed by atoms with Crippen LogP contribution in [0.1, 0.15) is 43.1 Å². The van der Waals surface area contributed by atoms with Gasteiger partial charge in [-0.3, -0.25) is 9.69 Å². The number of esters is 1. The quantitative estimate of drug-likeness (QED) is 0.586. The Hall–Kier alpha value is -2.57. The Balaban J connectivity index is 1.32. The second kappa shape index (κ2) is 9.28. The van der Waals surface area contributed by atoms with E-state index in [-0.39, 0.29) is 24.1 Å². The topological polar surface area (TPSA) is 60.4 Å². The van der Waals surface area contributed by atoms with Crippen molar-refractivity contribution in [2.75, 3.05) is 20.2 Å². The average molecular weight is 443 g/mol. The van der Waals surface area contributed by atoms with E-state index in [1.54, 1.807) is 0 Å². The van der Waals surface area contributed by atoms with Gasteiger partial charge < -0.3 is 14.3 Å². The second-order valence-electron chi connectivity index (χ2n) is 8.30. The molecule has 2 aromatic carbocycles. The molecule has 0 aromatic heterocycles. The van der Waals surface area contributed by atoms with Crippen molar-refractivity contribution in [3.05, 3.63) is 64.2 Å². The number of methoxy groups -OCH3 is 1. The number of likely N-dealkylation sites (tertiary alicyclic amines) is 1. The molecule has 2 aliphatic rings. The lowest BCUT2D eigenvalue weighted by Crippen LogP contribution is -2.49. The fraction of sp³-hybridized carbons (Fsp3) is 0.417. The Morgan fingerprint density at radius 1 is 1.23 bits per heavy atom. The van der Waals surface area contributed by atoms with Crippen LogP contribution in [0, 0.1) is 5.92 Å². The Kier molecular flexibility index (Phi) is 6.49. The first-order valence-electron chi connectivity index (χ1n) is 10.5. The lowest BCUT2D eigenvalue weighted by atomic mass is 9.97. The smallest absolute Gasteiger partial charge is 0.311 e. The third kappa shape index (κ3) is 5.02. The molecule has 1 unspecified atom stereocenters. The van der Waals surface area contributed by atoms with Crippen LogP contribution >= 0.6 is 11.6 Å². The number of halogens is 1. The van der Waals surface area contributed by atoms with Crippen molar-refractivity contribution in [3.63, 3.8) is 0 Å². The lowest BCUT2D eigenvalue weighted by molar-refractivity contribution is -0.151. The summed E-state index contributed by atoms with van der Waals surface area (Å²) >= 11 is 6.37. The summed E-state index contributed by atoms with van der Waals surface area (Å²) in [7, 11) is 1.44. The third-order valence-corrected chi connectivity index (χ3v) is 5.84. The molecule has 0 aliphatic carbocycles. The summed E-state index contributed by atoms with van der Waals surface area (Å²) < 4.78 is 10.5. The fourth-order valence-corrected chi connectivity index (χ4v) is 4.10. The first kappa shape index (κ1) is 21.7. The first-order valence-corrected chi connectivity index (χ1v) is 10.9. The monoisotopic (exact) mass is 442 g/mol. The third-order valence-electron chi connectivity index (χ3n) is 5.54. The second-order valence-corrected chi connectivity index (χ2v) is 8.71. The largest absolute Gasteiger partial charge is 0.489 e. The van der Waals surface area contributed by atoms with Gasteiger partial charge in [-0.1, -0.05) is 47.1 Å². The van der Waals surface area contributed by atoms with Crippen LogP contribution in [0.4, 0.5) is 0 Å². The van der Waals surface area contributed by atoms with Gasteiger partial charge in [0.15, 0.2) is 6.10 Å². The van der Waals surface area contributed by atoms with E-state index in [0.29, 0.717) is 17.2 Å². The number of carbonyl (C=O) groups is 1. The summed E-state index contributed by atoms with van der Waals surface area (Å²) in [6.45, 7) is 6.26. The van der Waals surface area contributed by atoms with Gasteiger partial charge in [0, 0.05) is 26.1 Å². The zero-order valence-electron chi connectivity index (χ0n) is 18.0. The van der Waals surface area contributed by atoms with E-state index in [4.69, 9.17) is 25.9 Å². The van der Waals surface area contributed by atoms with Gasteiger partial charge in [-0.25, -0.2) is 0 Å². The molecule has 164 valence electrons. The maximum Gasteiger partial charge on any atom is 0.311 e. The van der Waals surface area contributed by atoms with Crippen LogP contribution in [0.3, 0.4) is 0 Å². The van der Waals surface area contributed by atoms with Crippen LogP contribution in [0.25, 0.3) is 0 Å². The first-order chi connectivity index (χ1) is 14.9. The maximum atomic E-state index is 11.5. The molecule has 2 heterocycles. The van der Waals surface area contributed by atoms with Gasteiger partial charge in [-0.05, 0) is 42.7 Å². The number of rotatable bonds is 7. The van der Waals surface area contributed by atoms with Gasteiger partial charge in [0.25, 0.3) is 0 Å². The Labute approximate surface area is 187 Å². The summed E-state index contributed by atoms with van der Waals surface area (Å²) in [4.78, 5) is 19.4. The predicted molar refractivity (Wildman–Crippen MR) is 119 cm³/mol. The molecule has 1 atom stereocenters. The number of oxime groups is 1. The molecule has 0 N–H and O–H groups in total. The van der Waals surface area contributed by atoms with E-state index in [1.807, 2.05) is 32.0 Å². The van der Waals surface area contributed by atoms with Crippen molar-refractivity contribution >= 4 is 23.3 Å². The number of hydrogen-bond acceptors (Lipinski definition) is 6. The zero-order valence-corrected chi connectivity index (χ0v) is 18.8. The molecule has 4 rings (SSSR count). The molecule has 0 amide bonds. The van der Waals surface area contributed by atoms with Gasteiger partial charge in [-0.15, -0.1) is 0 Å². The molecule has 0 spiro atoms. The summed E-state index contributed by atoms with van der Waals surface area (Å²) in [5.74, 6) is 0.560. The van der Waals surface area contributed by atoms with Gasteiger partial charge in [0.05, 0.1) is 29.9 Å². The van der Waals surface area contributed by atoms with Crippen molar-refractivity contribution in [1.82, 2.24) is 4.90 Å². The summed E-state index contributed by atoms with van der Waals surface area (Å²) in [6.07, 6.45) is 0.600. The number of hydrogen-bond donors (Lipinski definition) is 0. The molecular weight excluding hydrogens is 416 g/mol. The van der Waals surface area contributed by atoms with E-state index < -0.39 is 0 Å². The summed E-state index contributed by atoms with van der Waals surface area (Å²) in [5, 5.41) is 4.88. The molecule has 2 aromatic rings. The molecule has 1 saturated heterocycles. The van der Waals surface area contributed by atoms with Gasteiger partial charge in [0.1, 0.15) is 5.75 Å². The number of benzene rings is 2. The normalized spacial score (nSPS) is 19.0. The average Bonchev–Trinajstić information content (AvgIpc) is 3.22. The van der Waals surface area contributed by atoms with E-state index in [1.165, 1.54) is 12.7 Å². The highest BCUT2D eigenvalue weighted by atomic mass is 35.5. The highest BCUT2D eigenvalue weighted by Crippen LogP contribution is 2.34. The van der Waals surface area contributed by atoms with E-state index in [2.05, 4.69) is 34.3 Å². The molecule has 1 fully saturated rings. The standard InChI is InChI=1S/C24H27ClN2O4/c1-15(2)30-22-9-8-18(10-20(22)25)23-11-21(26-31-23)17-6-4-16(5-7-17)12-27-13-19(14-27)24(28)29-3/h4-10,15,19,23H,11-14H2,1-3H3. The van der Waals surface area contributed by atoms with Crippen molar-refractivity contribution in [2.24, 2.45) is 11.1 Å². The van der Waals surface area contributed by atoms with Crippen molar-refractivity contribution < 1.29 is 19.1 Å². The van der Waals surface area contributed by atoms with Crippen LogP contribution < -0.4 is 4.74 Å². The number of carbonyl (C=O) groups excluding carboxylic acids is 1. The Bertz CT molecular complexity index is 968. The fourth-order valence-electron chi connectivity index (χ4n) is 3.87. The highest BCUT2D eigenvalue weighted by Gasteiger charge is 2.33. The van der Waals surface area contributed by atoms with Crippen LogP contribution in [0.5, 0.6) is 5.75 Å². The molecular formula is C24H27ClN2O4. The van der Waals surface area contributed by atoms with Crippen LogP contribution in [-0.4, -0.2) is 42.9 Å². The molecule has 0 saturated carbocycles. The van der Waals surface area contributed by atoms with E-state index >= 15 is 0 Å². The van der Waals surface area contributed by atoms with Crippen LogP contribution in [-0.2, 0) is 20.9 Å². The molecule has 0 bridgehead atoms. The van der Waals surface area contributed by atoms with E-state index in [0.717, 1.165) is 36.5 Å². The van der Waals surface area contributed by atoms with Gasteiger partial charge in [0.2, 0.25) is 0 Å². The van der Waals surface area contributed by atoms with Crippen LogP contribution in [0.15, 0.2) is 47.6 Å². The predicted octanol–water partition coefficient (Wildman–Crippen LogP) is 4.60. The maximum absolute atomic E-state index is 11.5. The van der Waals surface area contributed by atoms with Gasteiger partial charge >= 0.3 is 5.97 Å². The minimum absolute atomic E-state index is 0.00528. The molecule has 0 radical (unpaired) electrons. The Morgan fingerprint density at radius 2 is 1.97 bits per heavy atom. The Morgan fingerprint density at radius 3 is 2.61 bits per heavy atom. The zero-order chi connectivity index (χ0) is 22.0. The number of ether oxygens (including phenoxy) is 2. The molecule has 31 heavy (non-hydrogen) atoms. The molecule has 7 heteroatoms. The summed E-state index contributed by atoms with van der Waals surface area (Å²) in [6, 6.07) is 14.1. The van der Waals surface area contributed by atoms with Crippen LogP contribution in [0.2, 0.25) is 5.02 Å². The highest BCUT2D eigenvalue weighted by molar-refractivity contribution is 6.32. The van der Waals surface area contributed by atoms with Crippen molar-refractivity contribution in [2.45, 2.75) is 39.0 Å². The molecule has 2 aliphatic heterocycles. The van der Waals surface area contributed by atoms with Crippen molar-refractivity contribution in [3.8, 4) is 5.75 Å². The molecule has 6 nitrogen and oxygen atoms in total. The SMILES string of the molecule is COC(=O)C1CN(Cc2ccc(C3=NOC(c4ccc(OC(C)C)c(Cl)c4)C3)cc2)C1. The van der Waals surface area contributed by atoms with Crippen molar-refractivity contribution in [1.29, 1.82) is 0 Å².